The summed E-state index contributed by atoms with van der Waals surface area (Å²) in [5, 5.41) is 8.92. The van der Waals surface area contributed by atoms with E-state index in [1.807, 2.05) is 6.08 Å². The van der Waals surface area contributed by atoms with Gasteiger partial charge in [-0.1, -0.05) is 45.9 Å². The zero-order chi connectivity index (χ0) is 19.9. The van der Waals surface area contributed by atoms with Crippen LogP contribution < -0.4 is 0 Å². The first kappa shape index (κ1) is 19.8. The van der Waals surface area contributed by atoms with Crippen LogP contribution in [0.1, 0.15) is 64.2 Å². The number of ether oxygens (including phenoxy) is 2. The molecular formula is C23H30O4. The Kier molecular flexibility index (Phi) is 5.08. The number of rotatable bonds is 4. The van der Waals surface area contributed by atoms with Gasteiger partial charge >= 0.3 is 5.97 Å². The lowest BCUT2D eigenvalue weighted by Crippen LogP contribution is -2.35. The summed E-state index contributed by atoms with van der Waals surface area (Å²) in [5.74, 6) is -1.92. The van der Waals surface area contributed by atoms with Crippen LogP contribution >= 0.6 is 0 Å². The molecular weight excluding hydrogens is 340 g/mol. The van der Waals surface area contributed by atoms with Crippen LogP contribution in [0.5, 0.6) is 0 Å². The average molecular weight is 370 g/mol. The predicted molar refractivity (Wildman–Crippen MR) is 106 cm³/mol. The van der Waals surface area contributed by atoms with Crippen molar-refractivity contribution in [3.05, 3.63) is 58.7 Å². The summed E-state index contributed by atoms with van der Waals surface area (Å²) in [6.45, 7) is 12.0. The number of carboxylic acids is 1. The fourth-order valence-corrected chi connectivity index (χ4v) is 4.08. The third kappa shape index (κ3) is 3.87. The molecule has 4 nitrogen and oxygen atoms in total. The standard InChI is InChI=1S/C23H30O4/c1-16(14-20(24)25)8-9-23(26-12-13-27-23)17-6-7-18-19(15-17)22(4,5)11-10-21(18,2)3/h6-9,14-15H,10-13H2,1-5H3,(H,24,25)/b9-8+,16-14+. The SMILES string of the molecule is CC(/C=C/C1(c2ccc3c(c2)C(C)(C)CCC3(C)C)OCCO1)=C\C(=O)O. The summed E-state index contributed by atoms with van der Waals surface area (Å²) in [4.78, 5) is 10.9. The quantitative estimate of drug-likeness (QED) is 0.610. The largest absolute Gasteiger partial charge is 0.478 e. The van der Waals surface area contributed by atoms with Crippen molar-refractivity contribution >= 4 is 5.97 Å². The van der Waals surface area contributed by atoms with Crippen molar-refractivity contribution in [3.63, 3.8) is 0 Å². The highest BCUT2D eigenvalue weighted by atomic mass is 16.7. The Morgan fingerprint density at radius 1 is 1.04 bits per heavy atom. The molecule has 1 N–H and O–H groups in total. The van der Waals surface area contributed by atoms with Gasteiger partial charge in [-0.3, -0.25) is 0 Å². The Morgan fingerprint density at radius 2 is 1.63 bits per heavy atom. The minimum Gasteiger partial charge on any atom is -0.478 e. The monoisotopic (exact) mass is 370 g/mol. The van der Waals surface area contributed by atoms with Gasteiger partial charge in [0.15, 0.2) is 0 Å². The van der Waals surface area contributed by atoms with Crippen molar-refractivity contribution in [2.75, 3.05) is 13.2 Å². The molecule has 3 rings (SSSR count). The maximum Gasteiger partial charge on any atom is 0.328 e. The smallest absolute Gasteiger partial charge is 0.328 e. The number of aliphatic carboxylic acids is 1. The van der Waals surface area contributed by atoms with Crippen molar-refractivity contribution in [3.8, 4) is 0 Å². The number of fused-ring (bicyclic) bond motifs is 1. The average Bonchev–Trinajstić information content (AvgIpc) is 3.07. The van der Waals surface area contributed by atoms with Crippen molar-refractivity contribution in [2.45, 2.75) is 64.1 Å². The van der Waals surface area contributed by atoms with Crippen LogP contribution in [0.15, 0.2) is 42.0 Å². The van der Waals surface area contributed by atoms with Crippen LogP contribution in [-0.2, 0) is 30.9 Å². The highest BCUT2D eigenvalue weighted by Gasteiger charge is 2.41. The van der Waals surface area contributed by atoms with Crippen molar-refractivity contribution in [2.24, 2.45) is 0 Å². The molecule has 1 heterocycles. The van der Waals surface area contributed by atoms with E-state index < -0.39 is 11.8 Å². The van der Waals surface area contributed by atoms with Gasteiger partial charge in [0.2, 0.25) is 5.79 Å². The molecule has 1 saturated heterocycles. The van der Waals surface area contributed by atoms with Gasteiger partial charge in [0.05, 0.1) is 13.2 Å². The maximum atomic E-state index is 10.9. The Bertz CT molecular complexity index is 793. The lowest BCUT2D eigenvalue weighted by molar-refractivity contribution is -0.131. The number of carboxylic acid groups (broad SMARTS) is 1. The van der Waals surface area contributed by atoms with Gasteiger partial charge in [-0.25, -0.2) is 4.79 Å². The van der Waals surface area contributed by atoms with Crippen LogP contribution in [0.4, 0.5) is 0 Å². The van der Waals surface area contributed by atoms with Crippen LogP contribution in [0.3, 0.4) is 0 Å². The minimum absolute atomic E-state index is 0.101. The lowest BCUT2D eigenvalue weighted by Gasteiger charge is -2.42. The summed E-state index contributed by atoms with van der Waals surface area (Å²) >= 11 is 0. The molecule has 146 valence electrons. The normalized spacial score (nSPS) is 23.4. The Balaban J connectivity index is 2.05. The number of hydrogen-bond acceptors (Lipinski definition) is 3. The Hall–Kier alpha value is -1.91. The number of hydrogen-bond donors (Lipinski definition) is 1. The van der Waals surface area contributed by atoms with Crippen molar-refractivity contribution < 1.29 is 19.4 Å². The van der Waals surface area contributed by atoms with Crippen LogP contribution in [0.2, 0.25) is 0 Å². The molecule has 1 aliphatic heterocycles. The molecule has 0 unspecified atom stereocenters. The topological polar surface area (TPSA) is 55.8 Å². The molecule has 0 bridgehead atoms. The highest BCUT2D eigenvalue weighted by molar-refractivity contribution is 5.81. The third-order valence-electron chi connectivity index (χ3n) is 5.89. The molecule has 1 aromatic rings. The second kappa shape index (κ2) is 6.92. The first-order valence-electron chi connectivity index (χ1n) is 9.60. The predicted octanol–water partition coefficient (Wildman–Crippen LogP) is 4.82. The first-order chi connectivity index (χ1) is 12.6. The van der Waals surface area contributed by atoms with E-state index in [0.717, 1.165) is 12.0 Å². The maximum absolute atomic E-state index is 10.9. The van der Waals surface area contributed by atoms with Gasteiger partial charge in [-0.05, 0) is 59.4 Å². The lowest BCUT2D eigenvalue weighted by atomic mass is 9.63. The molecule has 1 aromatic carbocycles. The summed E-state index contributed by atoms with van der Waals surface area (Å²) in [6, 6.07) is 6.53. The van der Waals surface area contributed by atoms with Gasteiger partial charge < -0.3 is 14.6 Å². The molecule has 2 aliphatic rings. The van der Waals surface area contributed by atoms with E-state index in [4.69, 9.17) is 14.6 Å². The number of allylic oxidation sites excluding steroid dienone is 2. The fourth-order valence-electron chi connectivity index (χ4n) is 4.08. The van der Waals surface area contributed by atoms with Gasteiger partial charge in [-0.2, -0.15) is 0 Å². The molecule has 0 amide bonds. The minimum atomic E-state index is -0.961. The molecule has 0 atom stereocenters. The van der Waals surface area contributed by atoms with Gasteiger partial charge in [0.1, 0.15) is 0 Å². The summed E-state index contributed by atoms with van der Waals surface area (Å²) < 4.78 is 12.0. The van der Waals surface area contributed by atoms with E-state index in [1.165, 1.54) is 23.6 Å². The van der Waals surface area contributed by atoms with Crippen LogP contribution in [-0.4, -0.2) is 24.3 Å². The zero-order valence-electron chi connectivity index (χ0n) is 17.0. The van der Waals surface area contributed by atoms with Crippen LogP contribution in [0.25, 0.3) is 0 Å². The van der Waals surface area contributed by atoms with Gasteiger partial charge in [-0.15, -0.1) is 0 Å². The molecule has 27 heavy (non-hydrogen) atoms. The zero-order valence-corrected chi connectivity index (χ0v) is 17.0. The third-order valence-corrected chi connectivity index (χ3v) is 5.89. The summed E-state index contributed by atoms with van der Waals surface area (Å²) in [5.41, 5.74) is 4.60. The Labute approximate surface area is 161 Å². The molecule has 0 saturated carbocycles. The Morgan fingerprint density at radius 3 is 2.22 bits per heavy atom. The fraction of sp³-hybridized carbons (Fsp3) is 0.522. The van der Waals surface area contributed by atoms with Gasteiger partial charge in [0.25, 0.3) is 0 Å². The molecule has 0 radical (unpaired) electrons. The second-order valence-corrected chi connectivity index (χ2v) is 8.95. The van der Waals surface area contributed by atoms with Crippen molar-refractivity contribution in [1.82, 2.24) is 0 Å². The van der Waals surface area contributed by atoms with E-state index >= 15 is 0 Å². The molecule has 0 spiro atoms. The highest BCUT2D eigenvalue weighted by Crippen LogP contribution is 2.47. The van der Waals surface area contributed by atoms with E-state index in [1.54, 1.807) is 13.0 Å². The van der Waals surface area contributed by atoms with Gasteiger partial charge in [0, 0.05) is 11.6 Å². The summed E-state index contributed by atoms with van der Waals surface area (Å²) in [6.07, 6.45) is 7.08. The number of benzene rings is 1. The molecule has 1 fully saturated rings. The first-order valence-corrected chi connectivity index (χ1v) is 9.60. The molecule has 4 heteroatoms. The van der Waals surface area contributed by atoms with E-state index in [2.05, 4.69) is 45.9 Å². The van der Waals surface area contributed by atoms with E-state index in [9.17, 15) is 4.79 Å². The molecule has 0 aromatic heterocycles. The van der Waals surface area contributed by atoms with Crippen LogP contribution in [0, 0.1) is 0 Å². The number of carbonyl (C=O) groups is 1. The molecule has 1 aliphatic carbocycles. The van der Waals surface area contributed by atoms with E-state index in [0.29, 0.717) is 18.8 Å². The van der Waals surface area contributed by atoms with Crippen molar-refractivity contribution in [1.29, 1.82) is 0 Å². The van der Waals surface area contributed by atoms with E-state index in [-0.39, 0.29) is 10.8 Å². The summed E-state index contributed by atoms with van der Waals surface area (Å²) in [7, 11) is 0. The second-order valence-electron chi connectivity index (χ2n) is 8.95.